The molecule has 16 heteroatoms. The van der Waals surface area contributed by atoms with Crippen LogP contribution in [0, 0.1) is 38.5 Å². The minimum Gasteiger partial charge on any atom is -0.291 e. The van der Waals surface area contributed by atoms with Crippen molar-refractivity contribution in [1.29, 1.82) is 5.26 Å². The molecule has 1 heterocycles. The van der Waals surface area contributed by atoms with E-state index in [1.807, 2.05) is 0 Å². The van der Waals surface area contributed by atoms with Crippen LogP contribution in [-0.4, -0.2) is 18.3 Å². The Bertz CT molecular complexity index is 1070. The number of aromatic nitrogens is 1. The minimum absolute atomic E-state index is 0.0609. The van der Waals surface area contributed by atoms with E-state index in [1.165, 1.54) is 0 Å². The third kappa shape index (κ3) is 4.56. The number of nitro groups is 2. The number of nitro benzene ring substituents is 2. The third-order valence-corrected chi connectivity index (χ3v) is 5.39. The Morgan fingerprint density at radius 1 is 1.13 bits per heavy atom. The van der Waals surface area contributed by atoms with Crippen molar-refractivity contribution in [1.82, 2.24) is 4.57 Å². The molecule has 8 nitrogen and oxygen atoms in total. The summed E-state index contributed by atoms with van der Waals surface area (Å²) in [5, 5.41) is 31.5. The largest absolute Gasteiger partial charge is 0.416 e. The summed E-state index contributed by atoms with van der Waals surface area (Å²) in [5.74, 6) is 0. The Balaban J connectivity index is 3.03. The van der Waals surface area contributed by atoms with Gasteiger partial charge in [0.05, 0.1) is 20.3 Å². The molecule has 2 rings (SSSR count). The van der Waals surface area contributed by atoms with Gasteiger partial charge in [0.15, 0.2) is 0 Å². The van der Waals surface area contributed by atoms with Crippen molar-refractivity contribution in [3.05, 3.63) is 54.3 Å². The quantitative estimate of drug-likeness (QED) is 0.154. The van der Waals surface area contributed by atoms with Crippen LogP contribution in [0.5, 0.6) is 0 Å². The molecular weight excluding hydrogens is 503 g/mol. The van der Waals surface area contributed by atoms with Crippen LogP contribution in [0.15, 0.2) is 17.0 Å². The summed E-state index contributed by atoms with van der Waals surface area (Å²) in [6.45, 7) is 1.14. The first-order valence-electron chi connectivity index (χ1n) is 7.21. The van der Waals surface area contributed by atoms with Gasteiger partial charge in [0.1, 0.15) is 16.8 Å². The van der Waals surface area contributed by atoms with Crippen molar-refractivity contribution in [2.75, 3.05) is 0 Å². The number of nitrogens with zero attached hydrogens (tertiary/aromatic N) is 4. The average Bonchev–Trinajstić information content (AvgIpc) is 2.80. The zero-order valence-electron chi connectivity index (χ0n) is 14.1. The lowest BCUT2D eigenvalue weighted by Crippen LogP contribution is -2.11. The number of hydrogen-bond donors (Lipinski definition) is 0. The van der Waals surface area contributed by atoms with E-state index in [0.29, 0.717) is 4.57 Å². The second-order valence-electron chi connectivity index (χ2n) is 5.45. The standard InChI is InChI=1S/C14H5Cl3F4N4O4S/c1-5-11(30-14(16,17)21)7(4-22)12(15)23(5)10-8(24(26)27)2-6(13(18,19)20)3-9(10)25(28)29/h2-3H,1H3. The van der Waals surface area contributed by atoms with E-state index in [4.69, 9.17) is 34.8 Å². The van der Waals surface area contributed by atoms with Crippen molar-refractivity contribution in [3.8, 4) is 11.8 Å². The highest BCUT2D eigenvalue weighted by Crippen LogP contribution is 2.49. The highest BCUT2D eigenvalue weighted by Gasteiger charge is 2.40. The topological polar surface area (TPSA) is 115 Å². The van der Waals surface area contributed by atoms with Gasteiger partial charge in [0.25, 0.3) is 0 Å². The zero-order chi connectivity index (χ0) is 23.2. The molecule has 0 bridgehead atoms. The van der Waals surface area contributed by atoms with Gasteiger partial charge in [-0.05, 0) is 18.7 Å². The lowest BCUT2D eigenvalue weighted by molar-refractivity contribution is -0.394. The van der Waals surface area contributed by atoms with Crippen molar-refractivity contribution in [3.63, 3.8) is 0 Å². The average molecular weight is 508 g/mol. The number of thioether (sulfide) groups is 1. The lowest BCUT2D eigenvalue weighted by Gasteiger charge is -2.13. The van der Waals surface area contributed by atoms with Gasteiger partial charge < -0.3 is 0 Å². The van der Waals surface area contributed by atoms with E-state index in [0.717, 1.165) is 6.92 Å². The number of benzene rings is 1. The Labute approximate surface area is 183 Å². The normalized spacial score (nSPS) is 12.0. The first-order valence-corrected chi connectivity index (χ1v) is 9.16. The minimum atomic E-state index is -5.13. The number of alkyl halides is 6. The maximum Gasteiger partial charge on any atom is 0.416 e. The van der Waals surface area contributed by atoms with Gasteiger partial charge in [0.2, 0.25) is 5.69 Å². The number of rotatable bonds is 5. The molecule has 1 aromatic heterocycles. The maximum absolute atomic E-state index is 13.7. The van der Waals surface area contributed by atoms with Crippen LogP contribution in [0.4, 0.5) is 28.9 Å². The van der Waals surface area contributed by atoms with Gasteiger partial charge in [0, 0.05) is 17.8 Å². The molecule has 0 aliphatic carbocycles. The van der Waals surface area contributed by atoms with Crippen molar-refractivity contribution in [2.24, 2.45) is 0 Å². The fourth-order valence-corrected chi connectivity index (χ4v) is 4.10. The number of hydrogen-bond acceptors (Lipinski definition) is 6. The highest BCUT2D eigenvalue weighted by molar-refractivity contribution is 8.03. The van der Waals surface area contributed by atoms with Gasteiger partial charge >= 0.3 is 21.5 Å². The molecule has 0 atom stereocenters. The Hall–Kier alpha value is -2.27. The summed E-state index contributed by atoms with van der Waals surface area (Å²) in [4.78, 5) is 20.0. The van der Waals surface area contributed by atoms with E-state index in [9.17, 15) is 43.1 Å². The Morgan fingerprint density at radius 2 is 1.60 bits per heavy atom. The molecule has 0 aliphatic rings. The van der Waals surface area contributed by atoms with Crippen LogP contribution in [0.1, 0.15) is 16.8 Å². The van der Waals surface area contributed by atoms with Crippen LogP contribution >= 0.6 is 46.6 Å². The van der Waals surface area contributed by atoms with Gasteiger partial charge in [-0.3, -0.25) is 24.8 Å². The molecule has 0 spiro atoms. The molecule has 0 unspecified atom stereocenters. The Morgan fingerprint density at radius 3 is 1.93 bits per heavy atom. The molecule has 160 valence electrons. The van der Waals surface area contributed by atoms with Crippen LogP contribution in [-0.2, 0) is 6.18 Å². The summed E-state index contributed by atoms with van der Waals surface area (Å²) < 4.78 is 50.6. The maximum atomic E-state index is 13.7. The second kappa shape index (κ2) is 8.10. The summed E-state index contributed by atoms with van der Waals surface area (Å²) in [6, 6.07) is 1.74. The molecule has 30 heavy (non-hydrogen) atoms. The summed E-state index contributed by atoms with van der Waals surface area (Å²) in [5.41, 5.74) is -5.99. The van der Waals surface area contributed by atoms with Crippen molar-refractivity contribution in [2.45, 2.75) is 21.9 Å². The molecule has 0 amide bonds. The molecule has 2 aromatic rings. The molecule has 1 aromatic carbocycles. The van der Waals surface area contributed by atoms with Crippen LogP contribution in [0.25, 0.3) is 5.69 Å². The highest BCUT2D eigenvalue weighted by atomic mass is 35.5. The molecule has 0 aliphatic heterocycles. The lowest BCUT2D eigenvalue weighted by atomic mass is 10.1. The predicted molar refractivity (Wildman–Crippen MR) is 99.9 cm³/mol. The van der Waals surface area contributed by atoms with Crippen molar-refractivity contribution >= 4 is 57.9 Å². The van der Waals surface area contributed by atoms with E-state index >= 15 is 0 Å². The predicted octanol–water partition coefficient (Wildman–Crippen LogP) is 6.30. The molecular formula is C14H5Cl3F4N4O4S. The first-order chi connectivity index (χ1) is 13.6. The van der Waals surface area contributed by atoms with Crippen molar-refractivity contribution < 1.29 is 27.4 Å². The van der Waals surface area contributed by atoms with Crippen LogP contribution in [0.2, 0.25) is 5.15 Å². The van der Waals surface area contributed by atoms with E-state index in [-0.39, 0.29) is 34.5 Å². The summed E-state index contributed by atoms with van der Waals surface area (Å²) >= 11 is 16.6. The Kier molecular flexibility index (Phi) is 6.48. The summed E-state index contributed by atoms with van der Waals surface area (Å²) in [7, 11) is 0. The molecule has 0 saturated heterocycles. The number of nitriles is 1. The molecule has 0 N–H and O–H groups in total. The fraction of sp³-hybridized carbons (Fsp3) is 0.214. The van der Waals surface area contributed by atoms with Gasteiger partial charge in [-0.2, -0.15) is 22.8 Å². The monoisotopic (exact) mass is 506 g/mol. The fourth-order valence-electron chi connectivity index (χ4n) is 2.51. The molecule has 0 saturated carbocycles. The third-order valence-electron chi connectivity index (χ3n) is 3.64. The van der Waals surface area contributed by atoms with E-state index < -0.39 is 53.3 Å². The van der Waals surface area contributed by atoms with Crippen LogP contribution in [0.3, 0.4) is 0 Å². The van der Waals surface area contributed by atoms with E-state index in [2.05, 4.69) is 0 Å². The number of halogens is 7. The van der Waals surface area contributed by atoms with Gasteiger partial charge in [-0.1, -0.05) is 34.8 Å². The first kappa shape index (κ1) is 24.0. The SMILES string of the molecule is Cc1c(SC(F)(Cl)Cl)c(C#N)c(Cl)n1-c1c([N+](=O)[O-])cc(C(F)(F)F)cc1[N+](=O)[O-]. The molecule has 0 fully saturated rings. The van der Waals surface area contributed by atoms with Gasteiger partial charge in [-0.15, -0.1) is 0 Å². The van der Waals surface area contributed by atoms with Gasteiger partial charge in [-0.25, -0.2) is 0 Å². The van der Waals surface area contributed by atoms with E-state index in [1.54, 1.807) is 6.07 Å². The summed E-state index contributed by atoms with van der Waals surface area (Å²) in [6.07, 6.45) is -5.13. The second-order valence-corrected chi connectivity index (χ2v) is 8.67. The zero-order valence-corrected chi connectivity index (χ0v) is 17.2. The van der Waals surface area contributed by atoms with Crippen LogP contribution < -0.4 is 0 Å². The molecule has 0 radical (unpaired) electrons. The smallest absolute Gasteiger partial charge is 0.291 e.